The van der Waals surface area contributed by atoms with E-state index in [1.807, 2.05) is 48.5 Å². The Morgan fingerprint density at radius 3 is 1.39 bits per heavy atom. The van der Waals surface area contributed by atoms with Gasteiger partial charge < -0.3 is 4.42 Å². The molecule has 0 atom stereocenters. The predicted octanol–water partition coefficient (Wildman–Crippen LogP) is 14.6. The van der Waals surface area contributed by atoms with E-state index in [1.165, 1.54) is 27.8 Å². The lowest BCUT2D eigenvalue weighted by molar-refractivity contribution is 0.669. The molecule has 0 N–H and O–H groups in total. The lowest BCUT2D eigenvalue weighted by Gasteiger charge is -2.10. The molecule has 11 rings (SSSR count). The summed E-state index contributed by atoms with van der Waals surface area (Å²) in [5, 5.41) is 4.40. The van der Waals surface area contributed by atoms with Crippen molar-refractivity contribution < 1.29 is 4.42 Å². The molecule has 0 bridgehead atoms. The minimum atomic E-state index is 0.585. The van der Waals surface area contributed by atoms with Crippen molar-refractivity contribution in [3.63, 3.8) is 0 Å². The van der Waals surface area contributed by atoms with E-state index in [4.69, 9.17) is 19.4 Å². The van der Waals surface area contributed by atoms with Crippen molar-refractivity contribution in [2.24, 2.45) is 0 Å². The number of benzene rings is 9. The van der Waals surface area contributed by atoms with Gasteiger partial charge in [0.2, 0.25) is 0 Å². The van der Waals surface area contributed by atoms with Crippen LogP contribution >= 0.6 is 0 Å². The highest BCUT2D eigenvalue weighted by Gasteiger charge is 2.17. The van der Waals surface area contributed by atoms with Crippen LogP contribution in [0.25, 0.3) is 111 Å². The Kier molecular flexibility index (Phi) is 8.45. The largest absolute Gasteiger partial charge is 0.456 e. The number of hydrogen-bond acceptors (Lipinski definition) is 4. The first-order valence-electron chi connectivity index (χ1n) is 19.8. The minimum Gasteiger partial charge on any atom is -0.456 e. The van der Waals surface area contributed by atoms with Crippen molar-refractivity contribution in [3.05, 3.63) is 212 Å². The maximum absolute atomic E-state index is 6.60. The molecule has 4 heteroatoms. The Bertz CT molecular complexity index is 3300. The van der Waals surface area contributed by atoms with E-state index >= 15 is 0 Å². The van der Waals surface area contributed by atoms with Gasteiger partial charge in [0, 0.05) is 27.5 Å². The standard InChI is InChI=1S/C55H35N3O/c1-4-12-36(13-5-1)38-22-24-39(25-23-38)41-18-10-19-45(33-41)48-20-11-21-50-52(48)49-31-30-47(35-51(49)59-50)55-57-53(40-16-8-3-9-17-40)56-54(58-55)46-29-28-43-32-42(26-27-44(43)34-46)37-14-6-2-7-15-37/h1-35H. The molecule has 9 aromatic carbocycles. The highest BCUT2D eigenvalue weighted by atomic mass is 16.3. The molecular formula is C55H35N3O. The highest BCUT2D eigenvalue weighted by molar-refractivity contribution is 6.13. The van der Waals surface area contributed by atoms with Crippen LogP contribution in [0.1, 0.15) is 0 Å². The second-order valence-corrected chi connectivity index (χ2v) is 14.8. The fraction of sp³-hybridized carbons (Fsp3) is 0. The maximum Gasteiger partial charge on any atom is 0.164 e. The fourth-order valence-electron chi connectivity index (χ4n) is 8.10. The van der Waals surface area contributed by atoms with Gasteiger partial charge in [0.15, 0.2) is 17.5 Å². The number of furan rings is 1. The van der Waals surface area contributed by atoms with Crippen LogP contribution in [0.3, 0.4) is 0 Å². The zero-order valence-electron chi connectivity index (χ0n) is 32.0. The summed E-state index contributed by atoms with van der Waals surface area (Å²) >= 11 is 0. The SMILES string of the molecule is c1ccc(-c2ccc(-c3cccc(-c4cccc5oc6cc(-c7nc(-c8ccccc8)nc(-c8ccc9cc(-c%10ccccc%10)ccc9c8)n7)ccc6c45)c3)cc2)cc1. The van der Waals surface area contributed by atoms with Crippen molar-refractivity contribution in [2.75, 3.05) is 0 Å². The van der Waals surface area contributed by atoms with Crippen molar-refractivity contribution in [3.8, 4) is 78.7 Å². The summed E-state index contributed by atoms with van der Waals surface area (Å²) in [6.45, 7) is 0. The van der Waals surface area contributed by atoms with Crippen molar-refractivity contribution in [2.45, 2.75) is 0 Å². The molecule has 0 aliphatic heterocycles. The Morgan fingerprint density at radius 2 is 0.712 bits per heavy atom. The molecule has 0 saturated carbocycles. The molecule has 11 aromatic rings. The molecule has 0 aliphatic rings. The molecule has 2 heterocycles. The number of rotatable bonds is 7. The summed E-state index contributed by atoms with van der Waals surface area (Å²) in [5.41, 5.74) is 13.7. The molecule has 4 nitrogen and oxygen atoms in total. The second-order valence-electron chi connectivity index (χ2n) is 14.8. The average Bonchev–Trinajstić information content (AvgIpc) is 3.70. The number of hydrogen-bond donors (Lipinski definition) is 0. The van der Waals surface area contributed by atoms with Gasteiger partial charge in [-0.2, -0.15) is 0 Å². The first-order valence-corrected chi connectivity index (χ1v) is 19.8. The van der Waals surface area contributed by atoms with Crippen LogP contribution in [-0.4, -0.2) is 15.0 Å². The van der Waals surface area contributed by atoms with Crippen LogP contribution < -0.4 is 0 Å². The molecule has 2 aromatic heterocycles. The number of fused-ring (bicyclic) bond motifs is 4. The van der Waals surface area contributed by atoms with E-state index in [0.29, 0.717) is 17.5 Å². The summed E-state index contributed by atoms with van der Waals surface area (Å²) in [7, 11) is 0. The van der Waals surface area contributed by atoms with Crippen LogP contribution in [0.2, 0.25) is 0 Å². The Hall–Kier alpha value is -7.95. The molecule has 0 aliphatic carbocycles. The van der Waals surface area contributed by atoms with E-state index < -0.39 is 0 Å². The molecule has 0 amide bonds. The Balaban J connectivity index is 0.970. The summed E-state index contributed by atoms with van der Waals surface area (Å²) in [6, 6.07) is 74.2. The molecule has 276 valence electrons. The topological polar surface area (TPSA) is 51.8 Å². The lowest BCUT2D eigenvalue weighted by Crippen LogP contribution is -2.00. The summed E-state index contributed by atoms with van der Waals surface area (Å²) in [4.78, 5) is 15.1. The Morgan fingerprint density at radius 1 is 0.271 bits per heavy atom. The molecule has 0 unspecified atom stereocenters. The predicted molar refractivity (Wildman–Crippen MR) is 243 cm³/mol. The second kappa shape index (κ2) is 14.5. The van der Waals surface area contributed by atoms with E-state index in [9.17, 15) is 0 Å². The van der Waals surface area contributed by atoms with Crippen LogP contribution in [0.5, 0.6) is 0 Å². The Labute approximate surface area is 341 Å². The molecule has 0 spiro atoms. The molecule has 0 saturated heterocycles. The lowest BCUT2D eigenvalue weighted by atomic mass is 9.95. The van der Waals surface area contributed by atoms with Gasteiger partial charge in [0.1, 0.15) is 11.2 Å². The van der Waals surface area contributed by atoms with E-state index in [-0.39, 0.29) is 0 Å². The molecule has 0 radical (unpaired) electrons. The first-order chi connectivity index (χ1) is 29.2. The van der Waals surface area contributed by atoms with Gasteiger partial charge in [-0.1, -0.05) is 176 Å². The maximum atomic E-state index is 6.60. The van der Waals surface area contributed by atoms with Gasteiger partial charge >= 0.3 is 0 Å². The summed E-state index contributed by atoms with van der Waals surface area (Å²) in [5.74, 6) is 1.82. The van der Waals surface area contributed by atoms with Crippen LogP contribution in [-0.2, 0) is 0 Å². The van der Waals surface area contributed by atoms with Crippen LogP contribution in [0.4, 0.5) is 0 Å². The third-order valence-electron chi connectivity index (χ3n) is 11.1. The van der Waals surface area contributed by atoms with Crippen molar-refractivity contribution in [1.29, 1.82) is 0 Å². The monoisotopic (exact) mass is 753 g/mol. The smallest absolute Gasteiger partial charge is 0.164 e. The third kappa shape index (κ3) is 6.53. The van der Waals surface area contributed by atoms with E-state index in [0.717, 1.165) is 66.1 Å². The van der Waals surface area contributed by atoms with E-state index in [1.54, 1.807) is 0 Å². The van der Waals surface area contributed by atoms with Gasteiger partial charge in [-0.3, -0.25) is 0 Å². The third-order valence-corrected chi connectivity index (χ3v) is 11.1. The quantitative estimate of drug-likeness (QED) is 0.163. The van der Waals surface area contributed by atoms with Gasteiger partial charge in [0.25, 0.3) is 0 Å². The summed E-state index contributed by atoms with van der Waals surface area (Å²) < 4.78 is 6.60. The normalized spacial score (nSPS) is 11.4. The fourth-order valence-corrected chi connectivity index (χ4v) is 8.10. The number of nitrogens with zero attached hydrogens (tertiary/aromatic N) is 3. The number of aromatic nitrogens is 3. The van der Waals surface area contributed by atoms with Crippen LogP contribution in [0.15, 0.2) is 217 Å². The summed E-state index contributed by atoms with van der Waals surface area (Å²) in [6.07, 6.45) is 0. The van der Waals surface area contributed by atoms with Gasteiger partial charge in [-0.15, -0.1) is 0 Å². The van der Waals surface area contributed by atoms with Gasteiger partial charge in [-0.05, 0) is 91.7 Å². The molecule has 0 fully saturated rings. The molecular weight excluding hydrogens is 719 g/mol. The minimum absolute atomic E-state index is 0.585. The van der Waals surface area contributed by atoms with Crippen molar-refractivity contribution in [1.82, 2.24) is 15.0 Å². The van der Waals surface area contributed by atoms with Gasteiger partial charge in [-0.25, -0.2) is 15.0 Å². The van der Waals surface area contributed by atoms with E-state index in [2.05, 4.69) is 164 Å². The van der Waals surface area contributed by atoms with Crippen LogP contribution in [0, 0.1) is 0 Å². The molecule has 59 heavy (non-hydrogen) atoms. The first kappa shape index (κ1) is 34.3. The zero-order chi connectivity index (χ0) is 39.1. The van der Waals surface area contributed by atoms with Gasteiger partial charge in [0.05, 0.1) is 0 Å². The highest BCUT2D eigenvalue weighted by Crippen LogP contribution is 2.39. The average molecular weight is 754 g/mol. The zero-order valence-corrected chi connectivity index (χ0v) is 32.0. The van der Waals surface area contributed by atoms with Crippen molar-refractivity contribution >= 4 is 32.7 Å².